The van der Waals surface area contributed by atoms with Gasteiger partial charge in [0, 0.05) is 12.6 Å². The highest BCUT2D eigenvalue weighted by Crippen LogP contribution is 2.35. The Bertz CT molecular complexity index is 783. The maximum Gasteiger partial charge on any atom is 0.265 e. The van der Waals surface area contributed by atoms with Crippen LogP contribution < -0.4 is 15.0 Å². The Balaban J connectivity index is 1.74. The predicted molar refractivity (Wildman–Crippen MR) is 79.1 cm³/mol. The highest BCUT2D eigenvalue weighted by molar-refractivity contribution is 6.10. The minimum Gasteiger partial charge on any atom is -0.478 e. The molecule has 0 saturated carbocycles. The van der Waals surface area contributed by atoms with E-state index in [1.54, 1.807) is 40.9 Å². The SMILES string of the molecule is CC1Oc2c(cccc2C(=O)N2CCn3nccc32)NC1=O. The fourth-order valence-corrected chi connectivity index (χ4v) is 2.78. The Kier molecular flexibility index (Phi) is 2.69. The van der Waals surface area contributed by atoms with Crippen LogP contribution in [0, 0.1) is 0 Å². The van der Waals surface area contributed by atoms with E-state index in [0.29, 0.717) is 30.1 Å². The van der Waals surface area contributed by atoms with E-state index in [2.05, 4.69) is 10.4 Å². The van der Waals surface area contributed by atoms with E-state index in [4.69, 9.17) is 4.74 Å². The van der Waals surface area contributed by atoms with E-state index in [0.717, 1.165) is 5.82 Å². The lowest BCUT2D eigenvalue weighted by Gasteiger charge is -2.26. The first-order chi connectivity index (χ1) is 10.6. The van der Waals surface area contributed by atoms with Crippen molar-refractivity contribution in [3.05, 3.63) is 36.0 Å². The second-order valence-electron chi connectivity index (χ2n) is 5.30. The molecule has 0 aliphatic carbocycles. The number of para-hydroxylation sites is 1. The van der Waals surface area contributed by atoms with Crippen LogP contribution in [0.1, 0.15) is 17.3 Å². The van der Waals surface area contributed by atoms with Crippen LogP contribution in [-0.2, 0) is 11.3 Å². The number of aromatic nitrogens is 2. The molecule has 1 aromatic carbocycles. The quantitative estimate of drug-likeness (QED) is 0.860. The summed E-state index contributed by atoms with van der Waals surface area (Å²) < 4.78 is 7.43. The molecule has 0 spiro atoms. The average molecular weight is 298 g/mol. The van der Waals surface area contributed by atoms with Gasteiger partial charge in [0.25, 0.3) is 11.8 Å². The van der Waals surface area contributed by atoms with Crippen molar-refractivity contribution in [3.63, 3.8) is 0 Å². The van der Waals surface area contributed by atoms with Crippen molar-refractivity contribution in [2.24, 2.45) is 0 Å². The summed E-state index contributed by atoms with van der Waals surface area (Å²) in [6, 6.07) is 6.99. The van der Waals surface area contributed by atoms with Crippen molar-refractivity contribution in [2.75, 3.05) is 16.8 Å². The van der Waals surface area contributed by atoms with Crippen molar-refractivity contribution in [3.8, 4) is 5.75 Å². The number of benzene rings is 1. The maximum atomic E-state index is 12.9. The van der Waals surface area contributed by atoms with E-state index in [9.17, 15) is 9.59 Å². The summed E-state index contributed by atoms with van der Waals surface area (Å²) >= 11 is 0. The van der Waals surface area contributed by atoms with E-state index in [1.807, 2.05) is 6.07 Å². The van der Waals surface area contributed by atoms with Crippen LogP contribution in [0.25, 0.3) is 0 Å². The molecule has 2 aliphatic rings. The second kappa shape index (κ2) is 4.59. The molecule has 7 nitrogen and oxygen atoms in total. The van der Waals surface area contributed by atoms with Gasteiger partial charge in [-0.15, -0.1) is 0 Å². The van der Waals surface area contributed by atoms with Gasteiger partial charge in [-0.1, -0.05) is 6.07 Å². The zero-order valence-corrected chi connectivity index (χ0v) is 11.9. The number of carbonyl (C=O) groups excluding carboxylic acids is 2. The van der Waals surface area contributed by atoms with Gasteiger partial charge in [-0.25, -0.2) is 4.68 Å². The van der Waals surface area contributed by atoms with Gasteiger partial charge in [0.15, 0.2) is 11.9 Å². The number of nitrogens with one attached hydrogen (secondary N) is 1. The van der Waals surface area contributed by atoms with Crippen molar-refractivity contribution in [1.29, 1.82) is 0 Å². The lowest BCUT2D eigenvalue weighted by atomic mass is 10.1. The van der Waals surface area contributed by atoms with Gasteiger partial charge in [-0.2, -0.15) is 5.10 Å². The van der Waals surface area contributed by atoms with Crippen LogP contribution in [0.4, 0.5) is 11.5 Å². The number of anilines is 2. The number of nitrogens with zero attached hydrogens (tertiary/aromatic N) is 3. The molecule has 1 aromatic heterocycles. The highest BCUT2D eigenvalue weighted by atomic mass is 16.5. The number of fused-ring (bicyclic) bond motifs is 2. The van der Waals surface area contributed by atoms with Crippen LogP contribution in [-0.4, -0.2) is 34.2 Å². The average Bonchev–Trinajstić information content (AvgIpc) is 3.10. The second-order valence-corrected chi connectivity index (χ2v) is 5.30. The third kappa shape index (κ3) is 1.78. The van der Waals surface area contributed by atoms with E-state index < -0.39 is 6.10 Å². The molecule has 1 N–H and O–H groups in total. The van der Waals surface area contributed by atoms with Crippen molar-refractivity contribution in [1.82, 2.24) is 9.78 Å². The normalized spacial score (nSPS) is 19.2. The lowest BCUT2D eigenvalue weighted by Crippen LogP contribution is -2.36. The fourth-order valence-electron chi connectivity index (χ4n) is 2.78. The Morgan fingerprint density at radius 1 is 1.36 bits per heavy atom. The van der Waals surface area contributed by atoms with Gasteiger partial charge >= 0.3 is 0 Å². The Hall–Kier alpha value is -2.83. The Morgan fingerprint density at radius 2 is 2.23 bits per heavy atom. The molecule has 2 aliphatic heterocycles. The summed E-state index contributed by atoms with van der Waals surface area (Å²) in [5.74, 6) is 0.837. The molecule has 4 rings (SSSR count). The van der Waals surface area contributed by atoms with Gasteiger partial charge in [0.1, 0.15) is 5.82 Å². The molecule has 0 radical (unpaired) electrons. The number of hydrogen-bond donors (Lipinski definition) is 1. The number of hydrogen-bond acceptors (Lipinski definition) is 4. The molecule has 7 heteroatoms. The van der Waals surface area contributed by atoms with Gasteiger partial charge in [-0.3, -0.25) is 14.5 Å². The predicted octanol–water partition coefficient (Wildman–Crippen LogP) is 1.26. The van der Waals surface area contributed by atoms with Crippen LogP contribution in [0.3, 0.4) is 0 Å². The third-order valence-electron chi connectivity index (χ3n) is 3.92. The van der Waals surface area contributed by atoms with Crippen LogP contribution in [0.2, 0.25) is 0 Å². The summed E-state index contributed by atoms with van der Waals surface area (Å²) in [5.41, 5.74) is 0.973. The molecule has 112 valence electrons. The van der Waals surface area contributed by atoms with E-state index in [-0.39, 0.29) is 11.8 Å². The van der Waals surface area contributed by atoms with Crippen LogP contribution in [0.15, 0.2) is 30.5 Å². The first kappa shape index (κ1) is 12.9. The summed E-state index contributed by atoms with van der Waals surface area (Å²) in [6.07, 6.45) is 1.05. The third-order valence-corrected chi connectivity index (χ3v) is 3.92. The van der Waals surface area contributed by atoms with Gasteiger partial charge in [0.2, 0.25) is 0 Å². The molecule has 3 heterocycles. The van der Waals surface area contributed by atoms with Crippen LogP contribution >= 0.6 is 0 Å². The molecule has 0 bridgehead atoms. The first-order valence-corrected chi connectivity index (χ1v) is 7.09. The molecule has 22 heavy (non-hydrogen) atoms. The summed E-state index contributed by atoms with van der Waals surface area (Å²) in [4.78, 5) is 26.2. The number of carbonyl (C=O) groups is 2. The topological polar surface area (TPSA) is 76.5 Å². The molecular weight excluding hydrogens is 284 g/mol. The zero-order chi connectivity index (χ0) is 15.3. The van der Waals surface area contributed by atoms with Crippen molar-refractivity contribution >= 4 is 23.3 Å². The van der Waals surface area contributed by atoms with Crippen molar-refractivity contribution in [2.45, 2.75) is 19.6 Å². The fraction of sp³-hybridized carbons (Fsp3) is 0.267. The maximum absolute atomic E-state index is 12.9. The van der Waals surface area contributed by atoms with Crippen molar-refractivity contribution < 1.29 is 14.3 Å². The molecule has 0 saturated heterocycles. The minimum atomic E-state index is -0.620. The largest absolute Gasteiger partial charge is 0.478 e. The zero-order valence-electron chi connectivity index (χ0n) is 11.9. The summed E-state index contributed by atoms with van der Waals surface area (Å²) in [5, 5.41) is 6.92. The molecule has 2 amide bonds. The van der Waals surface area contributed by atoms with Gasteiger partial charge in [-0.05, 0) is 19.1 Å². The monoisotopic (exact) mass is 298 g/mol. The molecule has 2 aromatic rings. The molecule has 1 atom stereocenters. The molecule has 0 fully saturated rings. The number of rotatable bonds is 1. The number of amides is 2. The minimum absolute atomic E-state index is 0.153. The first-order valence-electron chi connectivity index (χ1n) is 7.09. The number of ether oxygens (including phenoxy) is 1. The Morgan fingerprint density at radius 3 is 3.09 bits per heavy atom. The standard InChI is InChI=1S/C15H14N4O3/c1-9-14(20)17-11-4-2-3-10(13(11)22-9)15(21)18-7-8-19-12(18)5-6-16-19/h2-6,9H,7-8H2,1H3,(H,17,20). The van der Waals surface area contributed by atoms with Gasteiger partial charge in [0.05, 0.1) is 24.0 Å². The van der Waals surface area contributed by atoms with E-state index >= 15 is 0 Å². The molecule has 1 unspecified atom stereocenters. The Labute approximate surface area is 126 Å². The van der Waals surface area contributed by atoms with Crippen LogP contribution in [0.5, 0.6) is 5.75 Å². The summed E-state index contributed by atoms with van der Waals surface area (Å²) in [6.45, 7) is 2.91. The highest BCUT2D eigenvalue weighted by Gasteiger charge is 2.32. The van der Waals surface area contributed by atoms with Gasteiger partial charge < -0.3 is 10.1 Å². The lowest BCUT2D eigenvalue weighted by molar-refractivity contribution is -0.122. The molecular formula is C15H14N4O3. The summed E-state index contributed by atoms with van der Waals surface area (Å²) in [7, 11) is 0. The smallest absolute Gasteiger partial charge is 0.265 e. The van der Waals surface area contributed by atoms with E-state index in [1.165, 1.54) is 0 Å².